The fourth-order valence-electron chi connectivity index (χ4n) is 0.274. The van der Waals surface area contributed by atoms with E-state index in [4.69, 9.17) is 11.6 Å². The Bertz CT molecular complexity index is 97.0. The highest BCUT2D eigenvalue weighted by atomic mass is 35.5. The van der Waals surface area contributed by atoms with Crippen LogP contribution in [0.1, 0.15) is 19.8 Å². The van der Waals surface area contributed by atoms with Crippen LogP contribution in [0.25, 0.3) is 0 Å². The van der Waals surface area contributed by atoms with Crippen LogP contribution >= 0.6 is 23.8 Å². The van der Waals surface area contributed by atoms with Crippen LogP contribution in [-0.2, 0) is 4.79 Å². The first-order chi connectivity index (χ1) is 3.63. The molecule has 0 aromatic rings. The molecule has 0 saturated heterocycles. The summed E-state index contributed by atoms with van der Waals surface area (Å²) in [5.74, 6) is 0.132. The van der Waals surface area contributed by atoms with E-state index in [1.165, 1.54) is 6.92 Å². The lowest BCUT2D eigenvalue weighted by molar-refractivity contribution is -0.116. The molecule has 0 heterocycles. The number of hydrogen-bond donors (Lipinski definition) is 0. The molecule has 0 bridgehead atoms. The predicted molar refractivity (Wildman–Crippen MR) is 38.4 cm³/mol. The molecular weight excluding hydrogens is 144 g/mol. The molecule has 0 aromatic carbocycles. The topological polar surface area (TPSA) is 17.1 Å². The summed E-state index contributed by atoms with van der Waals surface area (Å²) in [5.41, 5.74) is 0. The number of halogens is 1. The third kappa shape index (κ3) is 6.05. The number of carbonyl (C=O) groups excluding carboxylic acids is 1. The van der Waals surface area contributed by atoms with Crippen molar-refractivity contribution in [3.63, 3.8) is 0 Å². The van der Waals surface area contributed by atoms with Crippen molar-refractivity contribution in [2.45, 2.75) is 19.8 Å². The zero-order valence-corrected chi connectivity index (χ0v) is 6.18. The molecule has 46 valence electrons. The van der Waals surface area contributed by atoms with Gasteiger partial charge in [0.25, 0.3) is 0 Å². The summed E-state index contributed by atoms with van der Waals surface area (Å²) in [4.78, 5) is 10.2. The Morgan fingerprint density at radius 1 is 1.62 bits per heavy atom. The molecule has 0 N–H and O–H groups in total. The van der Waals surface area contributed by atoms with Crippen molar-refractivity contribution >= 4 is 33.9 Å². The van der Waals surface area contributed by atoms with E-state index in [2.05, 4.69) is 12.2 Å². The van der Waals surface area contributed by atoms with Crippen LogP contribution < -0.4 is 0 Å². The highest BCUT2D eigenvalue weighted by Crippen LogP contribution is 1.97. The van der Waals surface area contributed by atoms with Crippen molar-refractivity contribution in [2.24, 2.45) is 0 Å². The minimum atomic E-state index is 0.132. The quantitative estimate of drug-likeness (QED) is 0.452. The van der Waals surface area contributed by atoms with Gasteiger partial charge in [0.1, 0.15) is 5.78 Å². The molecular formula is C5H7ClOS. The number of thiocarbonyl (C=S) groups is 1. The lowest BCUT2D eigenvalue weighted by atomic mass is 10.3. The van der Waals surface area contributed by atoms with Crippen molar-refractivity contribution in [3.05, 3.63) is 0 Å². The summed E-state index contributed by atoms with van der Waals surface area (Å²) in [6.07, 6.45) is 1.01. The lowest BCUT2D eigenvalue weighted by Crippen LogP contribution is -1.91. The monoisotopic (exact) mass is 150 g/mol. The standard InChI is InChI=1S/C5H7ClOS/c1-4(7)2-3-5(6)8/h2-3H2,1H3. The fraction of sp³-hybridized carbons (Fsp3) is 0.600. The number of Topliss-reactive ketones (excluding diaryl/α,β-unsaturated/α-hetero) is 1. The largest absolute Gasteiger partial charge is 0.300 e. The Morgan fingerprint density at radius 2 is 2.12 bits per heavy atom. The van der Waals surface area contributed by atoms with Gasteiger partial charge in [-0.2, -0.15) is 0 Å². The molecule has 0 aliphatic heterocycles. The summed E-state index contributed by atoms with van der Waals surface area (Å²) in [6.45, 7) is 1.52. The summed E-state index contributed by atoms with van der Waals surface area (Å²) in [7, 11) is 0. The third-order valence-electron chi connectivity index (χ3n) is 0.674. The molecule has 3 heteroatoms. The van der Waals surface area contributed by atoms with E-state index in [0.717, 1.165) is 0 Å². The maximum absolute atomic E-state index is 10.2. The van der Waals surface area contributed by atoms with Crippen LogP contribution in [-0.4, -0.2) is 10.1 Å². The molecule has 1 nitrogen and oxygen atoms in total. The molecule has 0 amide bonds. The van der Waals surface area contributed by atoms with Crippen LogP contribution in [0, 0.1) is 0 Å². The molecule has 0 aliphatic rings. The first kappa shape index (κ1) is 8.05. The van der Waals surface area contributed by atoms with Gasteiger partial charge in [0.05, 0.1) is 4.32 Å². The Hall–Kier alpha value is 0.0500. The SMILES string of the molecule is CC(=O)CCC(=S)Cl. The van der Waals surface area contributed by atoms with E-state index in [0.29, 0.717) is 17.2 Å². The van der Waals surface area contributed by atoms with E-state index < -0.39 is 0 Å². The molecule has 0 atom stereocenters. The van der Waals surface area contributed by atoms with Gasteiger partial charge in [-0.15, -0.1) is 0 Å². The highest BCUT2D eigenvalue weighted by molar-refractivity contribution is 7.83. The Kier molecular flexibility index (Phi) is 4.01. The first-order valence-corrected chi connectivity index (χ1v) is 3.09. The molecule has 0 aliphatic carbocycles. The molecule has 8 heavy (non-hydrogen) atoms. The Balaban J connectivity index is 3.18. The van der Waals surface area contributed by atoms with Crippen molar-refractivity contribution in [1.29, 1.82) is 0 Å². The summed E-state index contributed by atoms with van der Waals surface area (Å²) >= 11 is 9.83. The summed E-state index contributed by atoms with van der Waals surface area (Å²) in [5, 5.41) is 0. The zero-order chi connectivity index (χ0) is 6.57. The van der Waals surface area contributed by atoms with Crippen LogP contribution in [0.15, 0.2) is 0 Å². The molecule has 0 saturated carbocycles. The Morgan fingerprint density at radius 3 is 2.25 bits per heavy atom. The number of rotatable bonds is 3. The maximum Gasteiger partial charge on any atom is 0.130 e. The second kappa shape index (κ2) is 3.98. The summed E-state index contributed by atoms with van der Waals surface area (Å²) in [6, 6.07) is 0. The molecule has 0 rings (SSSR count). The van der Waals surface area contributed by atoms with Crippen molar-refractivity contribution in [2.75, 3.05) is 0 Å². The van der Waals surface area contributed by atoms with E-state index in [1.807, 2.05) is 0 Å². The minimum absolute atomic E-state index is 0.132. The van der Waals surface area contributed by atoms with Gasteiger partial charge in [-0.05, 0) is 6.92 Å². The summed E-state index contributed by atoms with van der Waals surface area (Å²) < 4.78 is 0.389. The average molecular weight is 151 g/mol. The van der Waals surface area contributed by atoms with Gasteiger partial charge >= 0.3 is 0 Å². The number of ketones is 1. The number of carbonyl (C=O) groups is 1. The molecule has 0 fully saturated rings. The predicted octanol–water partition coefficient (Wildman–Crippen LogP) is 1.92. The van der Waals surface area contributed by atoms with Gasteiger partial charge in [-0.1, -0.05) is 23.8 Å². The number of hydrogen-bond acceptors (Lipinski definition) is 2. The third-order valence-corrected chi connectivity index (χ3v) is 1.07. The minimum Gasteiger partial charge on any atom is -0.300 e. The van der Waals surface area contributed by atoms with Gasteiger partial charge in [-0.25, -0.2) is 0 Å². The lowest BCUT2D eigenvalue weighted by Gasteiger charge is -1.87. The Labute approximate surface area is 59.0 Å². The van der Waals surface area contributed by atoms with Crippen LogP contribution in [0.4, 0.5) is 0 Å². The second-order valence-electron chi connectivity index (χ2n) is 1.56. The van der Waals surface area contributed by atoms with Gasteiger partial charge < -0.3 is 4.79 Å². The van der Waals surface area contributed by atoms with E-state index in [9.17, 15) is 4.79 Å². The first-order valence-electron chi connectivity index (χ1n) is 2.30. The van der Waals surface area contributed by atoms with Crippen molar-refractivity contribution < 1.29 is 4.79 Å². The van der Waals surface area contributed by atoms with Crippen LogP contribution in [0.2, 0.25) is 0 Å². The normalized spacial score (nSPS) is 8.75. The van der Waals surface area contributed by atoms with Crippen LogP contribution in [0.5, 0.6) is 0 Å². The molecule has 0 unspecified atom stereocenters. The smallest absolute Gasteiger partial charge is 0.130 e. The van der Waals surface area contributed by atoms with Crippen molar-refractivity contribution in [1.82, 2.24) is 0 Å². The van der Waals surface area contributed by atoms with E-state index in [-0.39, 0.29) is 5.78 Å². The highest BCUT2D eigenvalue weighted by Gasteiger charge is 1.93. The van der Waals surface area contributed by atoms with Gasteiger partial charge in [0.15, 0.2) is 0 Å². The van der Waals surface area contributed by atoms with Crippen LogP contribution in [0.3, 0.4) is 0 Å². The second-order valence-corrected chi connectivity index (χ2v) is 2.73. The van der Waals surface area contributed by atoms with Gasteiger partial charge in [0, 0.05) is 12.8 Å². The molecule has 0 spiro atoms. The average Bonchev–Trinajstić information content (AvgIpc) is 1.61. The maximum atomic E-state index is 10.2. The van der Waals surface area contributed by atoms with E-state index in [1.54, 1.807) is 0 Å². The fourth-order valence-corrected chi connectivity index (χ4v) is 0.471. The molecule has 0 radical (unpaired) electrons. The zero-order valence-electron chi connectivity index (χ0n) is 4.61. The molecule has 0 aromatic heterocycles. The van der Waals surface area contributed by atoms with E-state index >= 15 is 0 Å². The van der Waals surface area contributed by atoms with Crippen molar-refractivity contribution in [3.8, 4) is 0 Å². The van der Waals surface area contributed by atoms with Gasteiger partial charge in [0.2, 0.25) is 0 Å². The van der Waals surface area contributed by atoms with Gasteiger partial charge in [-0.3, -0.25) is 0 Å².